The molecule has 14 heavy (non-hydrogen) atoms. The predicted octanol–water partition coefficient (Wildman–Crippen LogP) is 1.96. The molecule has 0 aliphatic carbocycles. The summed E-state index contributed by atoms with van der Waals surface area (Å²) >= 11 is 7.35. The molecular formula is C8H10ClN3OS. The van der Waals surface area contributed by atoms with Crippen LogP contribution >= 0.6 is 23.4 Å². The van der Waals surface area contributed by atoms with Crippen LogP contribution in [0.1, 0.15) is 6.42 Å². The van der Waals surface area contributed by atoms with Gasteiger partial charge in [-0.2, -0.15) is 0 Å². The number of oxime groups is 1. The van der Waals surface area contributed by atoms with Crippen molar-refractivity contribution in [2.24, 2.45) is 10.9 Å². The van der Waals surface area contributed by atoms with E-state index in [4.69, 9.17) is 22.5 Å². The molecule has 76 valence electrons. The van der Waals surface area contributed by atoms with Crippen molar-refractivity contribution >= 4 is 29.2 Å². The highest BCUT2D eigenvalue weighted by molar-refractivity contribution is 7.99. The largest absolute Gasteiger partial charge is 0.409 e. The molecule has 0 spiro atoms. The molecule has 0 aliphatic heterocycles. The number of halogens is 1. The van der Waals surface area contributed by atoms with Crippen molar-refractivity contribution in [1.29, 1.82) is 0 Å². The van der Waals surface area contributed by atoms with E-state index in [1.807, 2.05) is 0 Å². The third kappa shape index (κ3) is 3.43. The molecule has 0 radical (unpaired) electrons. The Kier molecular flexibility index (Phi) is 4.55. The monoisotopic (exact) mass is 231 g/mol. The number of amidine groups is 1. The van der Waals surface area contributed by atoms with Gasteiger partial charge in [0.2, 0.25) is 0 Å². The lowest BCUT2D eigenvalue weighted by Crippen LogP contribution is -2.12. The number of nitrogens with zero attached hydrogens (tertiary/aromatic N) is 2. The molecule has 1 heterocycles. The summed E-state index contributed by atoms with van der Waals surface area (Å²) < 4.78 is 0. The first-order chi connectivity index (χ1) is 6.74. The average molecular weight is 232 g/mol. The molecule has 0 amide bonds. The van der Waals surface area contributed by atoms with Gasteiger partial charge < -0.3 is 10.9 Å². The van der Waals surface area contributed by atoms with Crippen LogP contribution in [0.15, 0.2) is 28.5 Å². The zero-order chi connectivity index (χ0) is 10.4. The maximum Gasteiger partial charge on any atom is 0.139 e. The highest BCUT2D eigenvalue weighted by atomic mass is 35.5. The summed E-state index contributed by atoms with van der Waals surface area (Å²) in [6.45, 7) is 0. The zero-order valence-corrected chi connectivity index (χ0v) is 8.92. The first-order valence-electron chi connectivity index (χ1n) is 3.93. The van der Waals surface area contributed by atoms with Crippen LogP contribution in [0.25, 0.3) is 0 Å². The van der Waals surface area contributed by atoms with Gasteiger partial charge in [-0.1, -0.05) is 16.8 Å². The number of thioether (sulfide) groups is 1. The zero-order valence-electron chi connectivity index (χ0n) is 7.35. The van der Waals surface area contributed by atoms with Gasteiger partial charge in [0.05, 0.1) is 5.02 Å². The maximum atomic E-state index is 8.30. The number of aromatic nitrogens is 1. The molecule has 0 unspecified atom stereocenters. The Bertz CT molecular complexity index is 332. The Labute approximate surface area is 91.2 Å². The molecule has 0 fully saturated rings. The number of nitrogens with two attached hydrogens (primary N) is 1. The maximum absolute atomic E-state index is 8.30. The van der Waals surface area contributed by atoms with E-state index in [-0.39, 0.29) is 5.84 Å². The summed E-state index contributed by atoms with van der Waals surface area (Å²) in [5.74, 6) is 0.900. The van der Waals surface area contributed by atoms with Gasteiger partial charge >= 0.3 is 0 Å². The standard InChI is InChI=1S/C8H10ClN3OS/c9-6-2-1-4-11-8(6)14-5-3-7(10)12-13/h1-2,4,13H,3,5H2,(H2,10,12). The Morgan fingerprint density at radius 1 is 1.71 bits per heavy atom. The van der Waals surface area contributed by atoms with Gasteiger partial charge in [-0.25, -0.2) is 4.98 Å². The number of hydrogen-bond donors (Lipinski definition) is 2. The third-order valence-corrected chi connectivity index (χ3v) is 2.87. The minimum atomic E-state index is 0.213. The number of hydrogen-bond acceptors (Lipinski definition) is 4. The lowest BCUT2D eigenvalue weighted by molar-refractivity contribution is 0.317. The highest BCUT2D eigenvalue weighted by Gasteiger charge is 2.01. The predicted molar refractivity (Wildman–Crippen MR) is 58.0 cm³/mol. The van der Waals surface area contributed by atoms with Gasteiger partial charge in [-0.3, -0.25) is 0 Å². The Hall–Kier alpha value is -0.940. The number of rotatable bonds is 4. The summed E-state index contributed by atoms with van der Waals surface area (Å²) in [6, 6.07) is 3.55. The van der Waals surface area contributed by atoms with Gasteiger partial charge in [-0.15, -0.1) is 11.8 Å². The first kappa shape index (κ1) is 11.1. The van der Waals surface area contributed by atoms with E-state index in [2.05, 4.69) is 10.1 Å². The molecule has 1 rings (SSSR count). The van der Waals surface area contributed by atoms with Gasteiger partial charge in [-0.05, 0) is 12.1 Å². The fourth-order valence-electron chi connectivity index (χ4n) is 0.780. The van der Waals surface area contributed by atoms with Crippen LogP contribution in [-0.4, -0.2) is 21.8 Å². The molecule has 1 aromatic rings. The minimum absolute atomic E-state index is 0.213. The van der Waals surface area contributed by atoms with Gasteiger partial charge in [0.25, 0.3) is 0 Å². The van der Waals surface area contributed by atoms with Crippen LogP contribution in [0.4, 0.5) is 0 Å². The molecular weight excluding hydrogens is 222 g/mol. The van der Waals surface area contributed by atoms with E-state index in [0.29, 0.717) is 17.2 Å². The van der Waals surface area contributed by atoms with Gasteiger partial charge in [0.15, 0.2) is 0 Å². The second-order valence-corrected chi connectivity index (χ2v) is 3.97. The molecule has 1 aromatic heterocycles. The number of pyridine rings is 1. The molecule has 3 N–H and O–H groups in total. The van der Waals surface area contributed by atoms with Crippen molar-refractivity contribution < 1.29 is 5.21 Å². The average Bonchev–Trinajstić information content (AvgIpc) is 2.20. The summed E-state index contributed by atoms with van der Waals surface area (Å²) in [5, 5.41) is 12.6. The molecule has 6 heteroatoms. The fraction of sp³-hybridized carbons (Fsp3) is 0.250. The van der Waals surface area contributed by atoms with E-state index < -0.39 is 0 Å². The first-order valence-corrected chi connectivity index (χ1v) is 5.30. The van der Waals surface area contributed by atoms with E-state index in [1.54, 1.807) is 18.3 Å². The Morgan fingerprint density at radius 3 is 3.14 bits per heavy atom. The van der Waals surface area contributed by atoms with Crippen molar-refractivity contribution in [2.45, 2.75) is 11.4 Å². The van der Waals surface area contributed by atoms with Crippen LogP contribution in [-0.2, 0) is 0 Å². The lowest BCUT2D eigenvalue weighted by Gasteiger charge is -2.01. The summed E-state index contributed by atoms with van der Waals surface area (Å²) in [5.41, 5.74) is 5.31. The minimum Gasteiger partial charge on any atom is -0.409 e. The normalized spacial score (nSPS) is 11.6. The second-order valence-electron chi connectivity index (χ2n) is 2.48. The molecule has 0 atom stereocenters. The van der Waals surface area contributed by atoms with Crippen molar-refractivity contribution in [3.05, 3.63) is 23.4 Å². The Balaban J connectivity index is 2.43. The molecule has 0 aromatic carbocycles. The molecule has 0 aliphatic rings. The molecule has 0 bridgehead atoms. The van der Waals surface area contributed by atoms with Crippen molar-refractivity contribution in [1.82, 2.24) is 4.98 Å². The summed E-state index contributed by atoms with van der Waals surface area (Å²) in [6.07, 6.45) is 2.19. The van der Waals surface area contributed by atoms with E-state index in [0.717, 1.165) is 5.03 Å². The van der Waals surface area contributed by atoms with Crippen LogP contribution in [0, 0.1) is 0 Å². The third-order valence-electron chi connectivity index (χ3n) is 1.45. The van der Waals surface area contributed by atoms with Crippen LogP contribution in [0.3, 0.4) is 0 Å². The van der Waals surface area contributed by atoms with Crippen LogP contribution in [0.2, 0.25) is 5.02 Å². The smallest absolute Gasteiger partial charge is 0.139 e. The van der Waals surface area contributed by atoms with Crippen molar-refractivity contribution in [3.8, 4) is 0 Å². The van der Waals surface area contributed by atoms with E-state index in [1.165, 1.54) is 11.8 Å². The quantitative estimate of drug-likeness (QED) is 0.273. The molecule has 0 saturated carbocycles. The van der Waals surface area contributed by atoms with Crippen molar-refractivity contribution in [3.63, 3.8) is 0 Å². The summed E-state index contributed by atoms with van der Waals surface area (Å²) in [4.78, 5) is 4.09. The Morgan fingerprint density at radius 2 is 2.50 bits per heavy atom. The highest BCUT2D eigenvalue weighted by Crippen LogP contribution is 2.24. The molecule has 4 nitrogen and oxygen atoms in total. The molecule has 0 saturated heterocycles. The lowest BCUT2D eigenvalue weighted by atomic mass is 10.5. The topological polar surface area (TPSA) is 71.5 Å². The van der Waals surface area contributed by atoms with E-state index >= 15 is 0 Å². The SMILES string of the molecule is NC(CCSc1ncccc1Cl)=NO. The van der Waals surface area contributed by atoms with Gasteiger partial charge in [0, 0.05) is 18.4 Å². The summed E-state index contributed by atoms with van der Waals surface area (Å²) in [7, 11) is 0. The van der Waals surface area contributed by atoms with Crippen molar-refractivity contribution in [2.75, 3.05) is 5.75 Å². The van der Waals surface area contributed by atoms with Crippen LogP contribution < -0.4 is 5.73 Å². The van der Waals surface area contributed by atoms with Crippen LogP contribution in [0.5, 0.6) is 0 Å². The van der Waals surface area contributed by atoms with Gasteiger partial charge in [0.1, 0.15) is 10.9 Å². The van der Waals surface area contributed by atoms with E-state index in [9.17, 15) is 0 Å². The second kappa shape index (κ2) is 5.72. The fourth-order valence-corrected chi connectivity index (χ4v) is 1.91.